The second-order valence-electron chi connectivity index (χ2n) is 4.57. The van der Waals surface area contributed by atoms with Crippen molar-refractivity contribution in [2.45, 2.75) is 45.2 Å². The molecule has 90 valence electrons. The fourth-order valence-corrected chi connectivity index (χ4v) is 2.26. The summed E-state index contributed by atoms with van der Waals surface area (Å²) in [6.45, 7) is 8.98. The maximum absolute atomic E-state index is 5.14. The van der Waals surface area contributed by atoms with Crippen LogP contribution in [0.5, 0.6) is 0 Å². The minimum Gasteiger partial charge on any atom is -0.385 e. The summed E-state index contributed by atoms with van der Waals surface area (Å²) in [6.07, 6.45) is 3.72. The van der Waals surface area contributed by atoms with Crippen LogP contribution in [0.3, 0.4) is 0 Å². The van der Waals surface area contributed by atoms with Crippen LogP contribution in [0, 0.1) is 0 Å². The van der Waals surface area contributed by atoms with Crippen LogP contribution in [-0.4, -0.2) is 50.3 Å². The smallest absolute Gasteiger partial charge is 0.0477 e. The fraction of sp³-hybridized carbons (Fsp3) is 1.00. The molecule has 0 aromatic heterocycles. The summed E-state index contributed by atoms with van der Waals surface area (Å²) >= 11 is 0. The molecule has 0 aliphatic carbocycles. The van der Waals surface area contributed by atoms with Crippen molar-refractivity contribution in [3.8, 4) is 0 Å². The first-order valence-electron chi connectivity index (χ1n) is 6.24. The number of hydrogen-bond donors (Lipinski definition) is 1. The number of methoxy groups -OCH3 is 1. The van der Waals surface area contributed by atoms with Crippen LogP contribution in [0.2, 0.25) is 0 Å². The zero-order chi connectivity index (χ0) is 11.1. The highest BCUT2D eigenvalue weighted by Gasteiger charge is 2.21. The Morgan fingerprint density at radius 3 is 3.00 bits per heavy atom. The number of nitrogens with one attached hydrogen (secondary N) is 1. The standard InChI is InChI=1S/C12H26N2O/c1-4-5-12-10-14(8-7-13-12)11(2)6-9-15-3/h11-13H,4-10H2,1-3H3. The molecule has 15 heavy (non-hydrogen) atoms. The van der Waals surface area contributed by atoms with E-state index in [1.807, 2.05) is 0 Å². The Bertz CT molecular complexity index is 162. The van der Waals surface area contributed by atoms with E-state index >= 15 is 0 Å². The van der Waals surface area contributed by atoms with Gasteiger partial charge >= 0.3 is 0 Å². The van der Waals surface area contributed by atoms with Gasteiger partial charge in [0.25, 0.3) is 0 Å². The topological polar surface area (TPSA) is 24.5 Å². The minimum absolute atomic E-state index is 0.659. The summed E-state index contributed by atoms with van der Waals surface area (Å²) in [6, 6.07) is 1.36. The summed E-state index contributed by atoms with van der Waals surface area (Å²) in [7, 11) is 1.78. The summed E-state index contributed by atoms with van der Waals surface area (Å²) < 4.78 is 5.14. The zero-order valence-electron chi connectivity index (χ0n) is 10.5. The molecule has 1 saturated heterocycles. The van der Waals surface area contributed by atoms with Gasteiger partial charge in [-0.15, -0.1) is 0 Å². The summed E-state index contributed by atoms with van der Waals surface area (Å²) in [5.74, 6) is 0. The molecule has 1 fully saturated rings. The Morgan fingerprint density at radius 1 is 1.53 bits per heavy atom. The average Bonchev–Trinajstić information content (AvgIpc) is 2.27. The molecule has 0 radical (unpaired) electrons. The third-order valence-electron chi connectivity index (χ3n) is 3.29. The van der Waals surface area contributed by atoms with Crippen LogP contribution in [0.4, 0.5) is 0 Å². The molecule has 1 aliphatic heterocycles. The van der Waals surface area contributed by atoms with E-state index in [9.17, 15) is 0 Å². The molecule has 1 N–H and O–H groups in total. The lowest BCUT2D eigenvalue weighted by atomic mass is 10.1. The Kier molecular flexibility index (Phi) is 6.22. The number of hydrogen-bond acceptors (Lipinski definition) is 3. The Morgan fingerprint density at radius 2 is 2.33 bits per heavy atom. The zero-order valence-corrected chi connectivity index (χ0v) is 10.5. The van der Waals surface area contributed by atoms with Gasteiger partial charge < -0.3 is 10.1 Å². The molecular weight excluding hydrogens is 188 g/mol. The maximum Gasteiger partial charge on any atom is 0.0477 e. The van der Waals surface area contributed by atoms with Gasteiger partial charge in [0.05, 0.1) is 0 Å². The van der Waals surface area contributed by atoms with Crippen LogP contribution in [0.1, 0.15) is 33.1 Å². The number of piperazine rings is 1. The quantitative estimate of drug-likeness (QED) is 0.725. The van der Waals surface area contributed by atoms with Crippen molar-refractivity contribution in [2.24, 2.45) is 0 Å². The molecule has 0 bridgehead atoms. The van der Waals surface area contributed by atoms with Crippen molar-refractivity contribution in [2.75, 3.05) is 33.4 Å². The SMILES string of the molecule is CCCC1CN(C(C)CCOC)CCN1. The molecule has 3 nitrogen and oxygen atoms in total. The lowest BCUT2D eigenvalue weighted by Gasteiger charge is -2.37. The third-order valence-corrected chi connectivity index (χ3v) is 3.29. The van der Waals surface area contributed by atoms with Crippen LogP contribution in [0.15, 0.2) is 0 Å². The van der Waals surface area contributed by atoms with Gasteiger partial charge in [-0.3, -0.25) is 4.90 Å². The van der Waals surface area contributed by atoms with E-state index in [2.05, 4.69) is 24.1 Å². The van der Waals surface area contributed by atoms with E-state index in [0.29, 0.717) is 12.1 Å². The van der Waals surface area contributed by atoms with E-state index < -0.39 is 0 Å². The van der Waals surface area contributed by atoms with Gasteiger partial charge in [0.15, 0.2) is 0 Å². The first-order chi connectivity index (χ1) is 7.27. The molecule has 2 atom stereocenters. The van der Waals surface area contributed by atoms with Crippen molar-refractivity contribution >= 4 is 0 Å². The Hall–Kier alpha value is -0.120. The molecule has 0 saturated carbocycles. The number of nitrogens with zero attached hydrogens (tertiary/aromatic N) is 1. The molecular formula is C12H26N2O. The molecule has 0 spiro atoms. The average molecular weight is 214 g/mol. The predicted octanol–water partition coefficient (Wildman–Crippen LogP) is 1.49. The molecule has 1 aliphatic rings. The van der Waals surface area contributed by atoms with Gasteiger partial charge in [-0.25, -0.2) is 0 Å². The fourth-order valence-electron chi connectivity index (χ4n) is 2.26. The largest absolute Gasteiger partial charge is 0.385 e. The second-order valence-corrected chi connectivity index (χ2v) is 4.57. The highest BCUT2D eigenvalue weighted by molar-refractivity contribution is 4.81. The molecule has 1 rings (SSSR count). The summed E-state index contributed by atoms with van der Waals surface area (Å²) in [5, 5.41) is 3.59. The van der Waals surface area contributed by atoms with Crippen molar-refractivity contribution in [3.05, 3.63) is 0 Å². The van der Waals surface area contributed by atoms with E-state index in [1.165, 1.54) is 25.9 Å². The van der Waals surface area contributed by atoms with Crippen LogP contribution >= 0.6 is 0 Å². The molecule has 1 heterocycles. The van der Waals surface area contributed by atoms with Crippen molar-refractivity contribution in [1.29, 1.82) is 0 Å². The highest BCUT2D eigenvalue weighted by atomic mass is 16.5. The molecule has 0 aromatic rings. The number of rotatable bonds is 6. The third kappa shape index (κ3) is 4.49. The Labute approximate surface area is 94.2 Å². The van der Waals surface area contributed by atoms with Crippen molar-refractivity contribution < 1.29 is 4.74 Å². The molecule has 2 unspecified atom stereocenters. The van der Waals surface area contributed by atoms with Crippen LogP contribution in [0.25, 0.3) is 0 Å². The van der Waals surface area contributed by atoms with Crippen molar-refractivity contribution in [3.63, 3.8) is 0 Å². The molecule has 0 aromatic carbocycles. The van der Waals surface area contributed by atoms with E-state index in [4.69, 9.17) is 4.74 Å². The molecule has 3 heteroatoms. The second kappa shape index (κ2) is 7.20. The lowest BCUT2D eigenvalue weighted by molar-refractivity contribution is 0.111. The van der Waals surface area contributed by atoms with Crippen molar-refractivity contribution in [1.82, 2.24) is 10.2 Å². The first-order valence-corrected chi connectivity index (χ1v) is 6.24. The highest BCUT2D eigenvalue weighted by Crippen LogP contribution is 2.10. The Balaban J connectivity index is 2.27. The van der Waals surface area contributed by atoms with Crippen LogP contribution in [-0.2, 0) is 4.74 Å². The molecule has 0 amide bonds. The van der Waals surface area contributed by atoms with Gasteiger partial charge in [0.2, 0.25) is 0 Å². The summed E-state index contributed by atoms with van der Waals surface area (Å²) in [5.41, 5.74) is 0. The minimum atomic E-state index is 0.659. The van der Waals surface area contributed by atoms with E-state index in [0.717, 1.165) is 19.6 Å². The predicted molar refractivity (Wildman–Crippen MR) is 64.2 cm³/mol. The van der Waals surface area contributed by atoms with E-state index in [1.54, 1.807) is 7.11 Å². The lowest BCUT2D eigenvalue weighted by Crippen LogP contribution is -2.53. The van der Waals surface area contributed by atoms with Gasteiger partial charge in [0, 0.05) is 45.4 Å². The normalized spacial score (nSPS) is 25.4. The van der Waals surface area contributed by atoms with E-state index in [-0.39, 0.29) is 0 Å². The first kappa shape index (κ1) is 12.9. The van der Waals surface area contributed by atoms with Crippen LogP contribution < -0.4 is 5.32 Å². The van der Waals surface area contributed by atoms with Gasteiger partial charge in [-0.2, -0.15) is 0 Å². The van der Waals surface area contributed by atoms with Gasteiger partial charge in [0.1, 0.15) is 0 Å². The van der Waals surface area contributed by atoms with Gasteiger partial charge in [-0.1, -0.05) is 13.3 Å². The number of ether oxygens (including phenoxy) is 1. The van der Waals surface area contributed by atoms with Gasteiger partial charge in [-0.05, 0) is 19.8 Å². The summed E-state index contributed by atoms with van der Waals surface area (Å²) in [4.78, 5) is 2.59. The monoisotopic (exact) mass is 214 g/mol. The maximum atomic E-state index is 5.14.